The molecule has 2 aromatic carbocycles. The Hall–Kier alpha value is -1.90. The maximum atomic E-state index is 11.6. The Kier molecular flexibility index (Phi) is 9.73. The second kappa shape index (κ2) is 11.8. The summed E-state index contributed by atoms with van der Waals surface area (Å²) in [5.41, 5.74) is 2.32. The summed E-state index contributed by atoms with van der Waals surface area (Å²) in [6.07, 6.45) is 10.5. The van der Waals surface area contributed by atoms with Crippen LogP contribution in [0.3, 0.4) is 0 Å². The van der Waals surface area contributed by atoms with Gasteiger partial charge in [-0.25, -0.2) is 0 Å². The number of hydrogen-bond donors (Lipinski definition) is 2. The molecule has 0 saturated heterocycles. The highest BCUT2D eigenvalue weighted by Crippen LogP contribution is 2.38. The fourth-order valence-electron chi connectivity index (χ4n) is 4.59. The van der Waals surface area contributed by atoms with Crippen LogP contribution in [0.15, 0.2) is 60.7 Å². The van der Waals surface area contributed by atoms with Crippen LogP contribution >= 0.6 is 0 Å². The number of hydrogen-bond acceptors (Lipinski definition) is 2. The van der Waals surface area contributed by atoms with Gasteiger partial charge in [-0.05, 0) is 51.7 Å². The molecule has 0 unspecified atom stereocenters. The first-order valence-corrected chi connectivity index (χ1v) is 12.4. The summed E-state index contributed by atoms with van der Waals surface area (Å²) in [6, 6.07) is 16.4. The van der Waals surface area contributed by atoms with E-state index in [2.05, 4.69) is 64.1 Å². The van der Waals surface area contributed by atoms with Crippen molar-refractivity contribution in [1.29, 1.82) is 0 Å². The molecule has 2 aromatic rings. The van der Waals surface area contributed by atoms with E-state index < -0.39 is 11.2 Å². The summed E-state index contributed by atoms with van der Waals surface area (Å²) in [7, 11) is 0. The molecule has 0 bridgehead atoms. The average molecular weight is 437 g/mol. The van der Waals surface area contributed by atoms with Crippen molar-refractivity contribution in [2.45, 2.75) is 91.3 Å². The summed E-state index contributed by atoms with van der Waals surface area (Å²) in [4.78, 5) is 0. The lowest BCUT2D eigenvalue weighted by Crippen LogP contribution is -2.33. The first kappa shape index (κ1) is 26.4. The molecule has 0 aliphatic rings. The molecule has 32 heavy (non-hydrogen) atoms. The molecule has 0 spiro atoms. The number of rotatable bonds is 12. The van der Waals surface area contributed by atoms with Gasteiger partial charge in [-0.2, -0.15) is 0 Å². The van der Waals surface area contributed by atoms with Crippen molar-refractivity contribution in [3.05, 3.63) is 82.9 Å². The highest BCUT2D eigenvalue weighted by atomic mass is 16.3. The van der Waals surface area contributed by atoms with Crippen LogP contribution < -0.4 is 0 Å². The van der Waals surface area contributed by atoms with Gasteiger partial charge in [0.25, 0.3) is 0 Å². The summed E-state index contributed by atoms with van der Waals surface area (Å²) >= 11 is 0. The Labute approximate surface area is 196 Å². The van der Waals surface area contributed by atoms with Gasteiger partial charge in [0.1, 0.15) is 0 Å². The normalized spacial score (nSPS) is 17.6. The van der Waals surface area contributed by atoms with Crippen LogP contribution in [0.4, 0.5) is 0 Å². The van der Waals surface area contributed by atoms with Gasteiger partial charge >= 0.3 is 0 Å². The van der Waals surface area contributed by atoms with E-state index >= 15 is 0 Å². The number of unbranched alkanes of at least 4 members (excludes halogenated alkanes) is 2. The third-order valence-corrected chi connectivity index (χ3v) is 6.96. The monoisotopic (exact) mass is 436 g/mol. The van der Waals surface area contributed by atoms with Gasteiger partial charge in [-0.1, -0.05) is 111 Å². The Morgan fingerprint density at radius 3 is 1.41 bits per heavy atom. The number of benzene rings is 2. The predicted octanol–water partition coefficient (Wildman–Crippen LogP) is 7.59. The minimum atomic E-state index is -0.956. The molecule has 2 N–H and O–H groups in total. The molecule has 4 atom stereocenters. The smallest absolute Gasteiger partial charge is 0.0930 e. The zero-order valence-corrected chi connectivity index (χ0v) is 21.1. The maximum absolute atomic E-state index is 11.6. The van der Waals surface area contributed by atoms with E-state index in [0.29, 0.717) is 0 Å². The molecular formula is C30H44O2. The molecule has 0 aliphatic carbocycles. The Bertz CT molecular complexity index is 791. The molecule has 0 aliphatic heterocycles. The van der Waals surface area contributed by atoms with Gasteiger partial charge in [-0.15, -0.1) is 0 Å². The van der Waals surface area contributed by atoms with Crippen LogP contribution in [0.2, 0.25) is 0 Å². The van der Waals surface area contributed by atoms with E-state index in [9.17, 15) is 10.2 Å². The summed E-state index contributed by atoms with van der Waals surface area (Å²) in [5.74, 6) is -0.0247. The first-order valence-electron chi connectivity index (χ1n) is 12.4. The van der Waals surface area contributed by atoms with E-state index in [1.54, 1.807) is 0 Å². The summed E-state index contributed by atoms with van der Waals surface area (Å²) in [6.45, 7) is 12.4. The second-order valence-corrected chi connectivity index (χ2v) is 9.92. The van der Waals surface area contributed by atoms with Crippen molar-refractivity contribution in [2.75, 3.05) is 0 Å². The fourth-order valence-corrected chi connectivity index (χ4v) is 4.59. The largest absolute Gasteiger partial charge is 0.385 e. The zero-order valence-electron chi connectivity index (χ0n) is 21.1. The third-order valence-electron chi connectivity index (χ3n) is 6.96. The molecule has 0 heterocycles. The first-order chi connectivity index (χ1) is 15.1. The average Bonchev–Trinajstić information content (AvgIpc) is 2.75. The minimum Gasteiger partial charge on any atom is -0.385 e. The van der Waals surface area contributed by atoms with Gasteiger partial charge in [0, 0.05) is 11.8 Å². The minimum absolute atomic E-state index is 0.0123. The highest BCUT2D eigenvalue weighted by Gasteiger charge is 2.34. The third kappa shape index (κ3) is 6.80. The molecule has 0 aromatic heterocycles. The topological polar surface area (TPSA) is 40.5 Å². The Morgan fingerprint density at radius 1 is 0.719 bits per heavy atom. The van der Waals surface area contributed by atoms with Crippen molar-refractivity contribution in [3.8, 4) is 0 Å². The fraction of sp³-hybridized carbons (Fsp3) is 0.533. The SMILES string of the molecule is CCCC[C@@H](/C=C\[C@@H](CCCC)[C@@](C)(O)c1cccc(C)c1)[C@](C)(O)c1cccc(C)c1. The van der Waals surface area contributed by atoms with Crippen molar-refractivity contribution in [2.24, 2.45) is 11.8 Å². The van der Waals surface area contributed by atoms with Gasteiger partial charge < -0.3 is 10.2 Å². The van der Waals surface area contributed by atoms with Gasteiger partial charge in [0.05, 0.1) is 11.2 Å². The van der Waals surface area contributed by atoms with Crippen LogP contribution in [0, 0.1) is 25.7 Å². The molecule has 0 saturated carbocycles. The zero-order chi connectivity index (χ0) is 23.8. The van der Waals surface area contributed by atoms with Crippen LogP contribution in [0.5, 0.6) is 0 Å². The second-order valence-electron chi connectivity index (χ2n) is 9.92. The standard InChI is InChI=1S/C30H44O2/c1-7-9-15-25(29(5,31)27-17-11-13-23(3)21-27)19-20-26(16-10-8-2)30(6,32)28-18-12-14-24(4)22-28/h11-14,17-22,25-26,31-32H,7-10,15-16H2,1-6H3/b20-19-/t25-,26+,29-,30+. The van der Waals surface area contributed by atoms with E-state index in [4.69, 9.17) is 0 Å². The van der Waals surface area contributed by atoms with Crippen LogP contribution in [0.25, 0.3) is 0 Å². The lowest BCUT2D eigenvalue weighted by Gasteiger charge is -2.35. The van der Waals surface area contributed by atoms with Crippen molar-refractivity contribution < 1.29 is 10.2 Å². The van der Waals surface area contributed by atoms with Crippen LogP contribution in [0.1, 0.15) is 88.5 Å². The molecular weight excluding hydrogens is 392 g/mol. The van der Waals surface area contributed by atoms with E-state index in [0.717, 1.165) is 60.8 Å². The van der Waals surface area contributed by atoms with E-state index in [1.807, 2.05) is 38.1 Å². The lowest BCUT2D eigenvalue weighted by molar-refractivity contribution is 0.00224. The molecule has 0 radical (unpaired) electrons. The summed E-state index contributed by atoms with van der Waals surface area (Å²) < 4.78 is 0. The maximum Gasteiger partial charge on any atom is 0.0930 e. The van der Waals surface area contributed by atoms with Gasteiger partial charge in [0.15, 0.2) is 0 Å². The van der Waals surface area contributed by atoms with Crippen molar-refractivity contribution in [1.82, 2.24) is 0 Å². The van der Waals surface area contributed by atoms with Crippen molar-refractivity contribution >= 4 is 0 Å². The van der Waals surface area contributed by atoms with Gasteiger partial charge in [0.2, 0.25) is 0 Å². The Balaban J connectivity index is 2.40. The quantitative estimate of drug-likeness (QED) is 0.336. The number of aryl methyl sites for hydroxylation is 2. The Morgan fingerprint density at radius 2 is 1.09 bits per heavy atom. The molecule has 2 rings (SSSR count). The molecule has 0 amide bonds. The van der Waals surface area contributed by atoms with E-state index in [-0.39, 0.29) is 11.8 Å². The number of aliphatic hydroxyl groups is 2. The molecule has 176 valence electrons. The molecule has 2 heteroatoms. The summed E-state index contributed by atoms with van der Waals surface area (Å²) in [5, 5.41) is 23.3. The van der Waals surface area contributed by atoms with Crippen LogP contribution in [-0.2, 0) is 11.2 Å². The van der Waals surface area contributed by atoms with Crippen LogP contribution in [-0.4, -0.2) is 10.2 Å². The lowest BCUT2D eigenvalue weighted by atomic mass is 9.76. The molecule has 2 nitrogen and oxygen atoms in total. The van der Waals surface area contributed by atoms with E-state index in [1.165, 1.54) is 0 Å². The van der Waals surface area contributed by atoms with Gasteiger partial charge in [-0.3, -0.25) is 0 Å². The molecule has 0 fully saturated rings. The highest BCUT2D eigenvalue weighted by molar-refractivity contribution is 5.30. The predicted molar refractivity (Wildman–Crippen MR) is 137 cm³/mol. The van der Waals surface area contributed by atoms with Crippen molar-refractivity contribution in [3.63, 3.8) is 0 Å².